The molecule has 0 saturated carbocycles. The van der Waals surface area contributed by atoms with Gasteiger partial charge in [-0.3, -0.25) is 9.48 Å². The summed E-state index contributed by atoms with van der Waals surface area (Å²) in [6.45, 7) is 1.96. The number of aryl methyl sites for hydroxylation is 1. The van der Waals surface area contributed by atoms with E-state index in [1.165, 1.54) is 4.31 Å². The van der Waals surface area contributed by atoms with Gasteiger partial charge in [0.1, 0.15) is 0 Å². The van der Waals surface area contributed by atoms with Gasteiger partial charge in [-0.05, 0) is 49.6 Å². The maximum absolute atomic E-state index is 12.8. The van der Waals surface area contributed by atoms with Gasteiger partial charge in [-0.15, -0.1) is 0 Å². The molecule has 0 radical (unpaired) electrons. The van der Waals surface area contributed by atoms with Crippen molar-refractivity contribution < 1.29 is 13.2 Å². The first-order chi connectivity index (χ1) is 13.0. The maximum Gasteiger partial charge on any atom is 0.243 e. The third kappa shape index (κ3) is 5.18. The Balaban J connectivity index is 1.53. The van der Waals surface area contributed by atoms with E-state index in [0.29, 0.717) is 25.9 Å². The number of carbonyl (C=O) groups excluding carboxylic acids is 1. The number of hydrogen-bond acceptors (Lipinski definition) is 4. The third-order valence-electron chi connectivity index (χ3n) is 4.63. The number of sulfonamides is 1. The third-order valence-corrected chi connectivity index (χ3v) is 7.04. The van der Waals surface area contributed by atoms with Gasteiger partial charge in [0.25, 0.3) is 0 Å². The van der Waals surface area contributed by atoms with Crippen molar-refractivity contribution >= 4 is 31.9 Å². The summed E-state index contributed by atoms with van der Waals surface area (Å²) in [5.41, 5.74) is 0. The van der Waals surface area contributed by atoms with Crippen LogP contribution < -0.4 is 5.32 Å². The number of hydrogen-bond donors (Lipinski definition) is 1. The van der Waals surface area contributed by atoms with E-state index in [2.05, 4.69) is 26.3 Å². The molecule has 1 saturated heterocycles. The molecule has 1 unspecified atom stereocenters. The number of carbonyl (C=O) groups is 1. The highest BCUT2D eigenvalue weighted by Gasteiger charge is 2.33. The van der Waals surface area contributed by atoms with Gasteiger partial charge in [0.15, 0.2) is 0 Å². The van der Waals surface area contributed by atoms with Gasteiger partial charge in [-0.25, -0.2) is 8.42 Å². The fourth-order valence-electron chi connectivity index (χ4n) is 3.16. The van der Waals surface area contributed by atoms with E-state index in [-0.39, 0.29) is 23.3 Å². The van der Waals surface area contributed by atoms with Crippen molar-refractivity contribution in [3.05, 3.63) is 47.2 Å². The van der Waals surface area contributed by atoms with E-state index in [1.807, 2.05) is 16.9 Å². The molecule has 1 aliphatic heterocycles. The molecule has 1 N–H and O–H groups in total. The second-order valence-corrected chi connectivity index (χ2v) is 9.42. The Morgan fingerprint density at radius 3 is 2.78 bits per heavy atom. The lowest BCUT2D eigenvalue weighted by atomic mass is 9.99. The molecule has 2 heterocycles. The van der Waals surface area contributed by atoms with Gasteiger partial charge in [0, 0.05) is 43.0 Å². The van der Waals surface area contributed by atoms with E-state index in [9.17, 15) is 13.2 Å². The average Bonchev–Trinajstić information content (AvgIpc) is 3.19. The molecule has 1 amide bonds. The van der Waals surface area contributed by atoms with Crippen LogP contribution in [0.1, 0.15) is 19.3 Å². The standard InChI is InChI=1S/C18H23BrN4O3S/c19-16-5-7-17(8-6-16)27(25,26)23-13-1-4-15(14-23)18(24)20-9-2-11-22-12-3-10-21-22/h3,5-8,10,12,15H,1-2,4,9,11,13-14H2,(H,20,24). The van der Waals surface area contributed by atoms with Crippen LogP contribution in [0.2, 0.25) is 0 Å². The van der Waals surface area contributed by atoms with Crippen molar-refractivity contribution in [2.75, 3.05) is 19.6 Å². The van der Waals surface area contributed by atoms with Crippen LogP contribution >= 0.6 is 15.9 Å². The highest BCUT2D eigenvalue weighted by molar-refractivity contribution is 9.10. The molecular formula is C18H23BrN4O3S. The lowest BCUT2D eigenvalue weighted by molar-refractivity contribution is -0.126. The van der Waals surface area contributed by atoms with E-state index in [4.69, 9.17) is 0 Å². The lowest BCUT2D eigenvalue weighted by Crippen LogP contribution is -2.45. The van der Waals surface area contributed by atoms with Crippen LogP contribution in [0.5, 0.6) is 0 Å². The second kappa shape index (κ2) is 8.99. The number of aromatic nitrogens is 2. The minimum atomic E-state index is -3.58. The number of nitrogens with zero attached hydrogens (tertiary/aromatic N) is 3. The fourth-order valence-corrected chi connectivity index (χ4v) is 4.95. The molecular weight excluding hydrogens is 432 g/mol. The summed E-state index contributed by atoms with van der Waals surface area (Å²) in [5.74, 6) is -0.389. The Morgan fingerprint density at radius 2 is 2.07 bits per heavy atom. The van der Waals surface area contributed by atoms with Gasteiger partial charge in [0.2, 0.25) is 15.9 Å². The Bertz CT molecular complexity index is 853. The lowest BCUT2D eigenvalue weighted by Gasteiger charge is -2.31. The van der Waals surface area contributed by atoms with Crippen molar-refractivity contribution in [2.45, 2.75) is 30.7 Å². The zero-order valence-corrected chi connectivity index (χ0v) is 17.3. The van der Waals surface area contributed by atoms with E-state index in [0.717, 1.165) is 17.4 Å². The van der Waals surface area contributed by atoms with Crippen LogP contribution in [0.3, 0.4) is 0 Å². The number of rotatable bonds is 7. The van der Waals surface area contributed by atoms with Gasteiger partial charge < -0.3 is 5.32 Å². The van der Waals surface area contributed by atoms with Crippen LogP contribution in [-0.4, -0.2) is 48.0 Å². The summed E-state index contributed by atoms with van der Waals surface area (Å²) in [6.07, 6.45) is 5.77. The van der Waals surface area contributed by atoms with Crippen LogP contribution in [-0.2, 0) is 21.4 Å². The van der Waals surface area contributed by atoms with E-state index < -0.39 is 10.0 Å². The van der Waals surface area contributed by atoms with Crippen molar-refractivity contribution in [2.24, 2.45) is 5.92 Å². The van der Waals surface area contributed by atoms with Gasteiger partial charge in [0.05, 0.1) is 10.8 Å². The summed E-state index contributed by atoms with van der Waals surface area (Å²) >= 11 is 3.31. The first kappa shape index (κ1) is 20.0. The highest BCUT2D eigenvalue weighted by Crippen LogP contribution is 2.24. The van der Waals surface area contributed by atoms with Gasteiger partial charge in [-0.2, -0.15) is 9.40 Å². The Kier molecular flexibility index (Phi) is 6.67. The number of halogens is 1. The SMILES string of the molecule is O=C(NCCCn1cccn1)C1CCCN(S(=O)(=O)c2ccc(Br)cc2)C1. The van der Waals surface area contributed by atoms with Crippen molar-refractivity contribution in [1.29, 1.82) is 0 Å². The molecule has 1 aromatic carbocycles. The Hall–Kier alpha value is -1.71. The molecule has 0 aliphatic carbocycles. The minimum Gasteiger partial charge on any atom is -0.356 e. The van der Waals surface area contributed by atoms with E-state index >= 15 is 0 Å². The summed E-state index contributed by atoms with van der Waals surface area (Å²) in [6, 6.07) is 8.44. The zero-order valence-electron chi connectivity index (χ0n) is 14.9. The highest BCUT2D eigenvalue weighted by atomic mass is 79.9. The van der Waals surface area contributed by atoms with Crippen molar-refractivity contribution in [1.82, 2.24) is 19.4 Å². The van der Waals surface area contributed by atoms with Crippen LogP contribution in [0.15, 0.2) is 52.1 Å². The first-order valence-corrected chi connectivity index (χ1v) is 11.2. The molecule has 9 heteroatoms. The summed E-state index contributed by atoms with van der Waals surface area (Å²) in [7, 11) is -3.58. The second-order valence-electron chi connectivity index (χ2n) is 6.57. The monoisotopic (exact) mass is 454 g/mol. The predicted octanol–water partition coefficient (Wildman–Crippen LogP) is 2.25. The topological polar surface area (TPSA) is 84.3 Å². The van der Waals surface area contributed by atoms with Crippen molar-refractivity contribution in [3.63, 3.8) is 0 Å². The van der Waals surface area contributed by atoms with Gasteiger partial charge in [-0.1, -0.05) is 15.9 Å². The molecule has 2 aromatic rings. The number of piperidine rings is 1. The number of amides is 1. The molecule has 1 fully saturated rings. The Morgan fingerprint density at radius 1 is 1.30 bits per heavy atom. The predicted molar refractivity (Wildman–Crippen MR) is 105 cm³/mol. The molecule has 27 heavy (non-hydrogen) atoms. The smallest absolute Gasteiger partial charge is 0.243 e. The zero-order chi connectivity index (χ0) is 19.3. The Labute approximate surface area is 167 Å². The quantitative estimate of drug-likeness (QED) is 0.650. The maximum atomic E-state index is 12.8. The number of nitrogens with one attached hydrogen (secondary N) is 1. The summed E-state index contributed by atoms with van der Waals surface area (Å²) < 4.78 is 29.7. The average molecular weight is 455 g/mol. The molecule has 1 aromatic heterocycles. The van der Waals surface area contributed by atoms with Crippen LogP contribution in [0.25, 0.3) is 0 Å². The number of benzene rings is 1. The normalized spacial score (nSPS) is 18.3. The molecule has 0 spiro atoms. The molecule has 1 atom stereocenters. The first-order valence-electron chi connectivity index (χ1n) is 8.97. The summed E-state index contributed by atoms with van der Waals surface area (Å²) in [5, 5.41) is 7.05. The molecule has 146 valence electrons. The largest absolute Gasteiger partial charge is 0.356 e. The molecule has 3 rings (SSSR count). The summed E-state index contributed by atoms with van der Waals surface area (Å²) in [4.78, 5) is 12.7. The van der Waals surface area contributed by atoms with Gasteiger partial charge >= 0.3 is 0 Å². The van der Waals surface area contributed by atoms with E-state index in [1.54, 1.807) is 30.5 Å². The fraction of sp³-hybridized carbons (Fsp3) is 0.444. The van der Waals surface area contributed by atoms with Crippen LogP contribution in [0.4, 0.5) is 0 Å². The molecule has 0 bridgehead atoms. The van der Waals surface area contributed by atoms with Crippen LogP contribution in [0, 0.1) is 5.92 Å². The minimum absolute atomic E-state index is 0.0776. The van der Waals surface area contributed by atoms with Crippen molar-refractivity contribution in [3.8, 4) is 0 Å². The molecule has 1 aliphatic rings. The molecule has 7 nitrogen and oxygen atoms in total.